The van der Waals surface area contributed by atoms with Crippen molar-refractivity contribution in [1.82, 2.24) is 5.32 Å². The van der Waals surface area contributed by atoms with Crippen molar-refractivity contribution in [2.75, 3.05) is 11.9 Å². The summed E-state index contributed by atoms with van der Waals surface area (Å²) < 4.78 is 5.83. The van der Waals surface area contributed by atoms with Gasteiger partial charge in [0.05, 0.1) is 12.2 Å². The van der Waals surface area contributed by atoms with Gasteiger partial charge in [0.2, 0.25) is 5.91 Å². The van der Waals surface area contributed by atoms with E-state index in [0.29, 0.717) is 22.7 Å². The molecule has 2 N–H and O–H groups in total. The second kappa shape index (κ2) is 8.86. The SMILES string of the molecule is Cc1cc(C)cc(C(=O)NCC(=O)Nc2ccccc2Oc2ccccc2)c1. The molecule has 5 nitrogen and oxygen atoms in total. The minimum atomic E-state index is -0.332. The first-order valence-corrected chi connectivity index (χ1v) is 8.99. The van der Waals surface area contributed by atoms with E-state index in [4.69, 9.17) is 4.74 Å². The van der Waals surface area contributed by atoms with E-state index in [2.05, 4.69) is 10.6 Å². The molecular formula is C23H22N2O3. The van der Waals surface area contributed by atoms with Crippen LogP contribution in [0, 0.1) is 13.8 Å². The van der Waals surface area contributed by atoms with Crippen LogP contribution in [0.2, 0.25) is 0 Å². The van der Waals surface area contributed by atoms with E-state index in [0.717, 1.165) is 11.1 Å². The smallest absolute Gasteiger partial charge is 0.251 e. The molecule has 0 saturated carbocycles. The average Bonchev–Trinajstić information content (AvgIpc) is 2.68. The van der Waals surface area contributed by atoms with Crippen LogP contribution in [0.3, 0.4) is 0 Å². The Bertz CT molecular complexity index is 964. The van der Waals surface area contributed by atoms with Crippen LogP contribution in [0.25, 0.3) is 0 Å². The fraction of sp³-hybridized carbons (Fsp3) is 0.130. The van der Waals surface area contributed by atoms with Crippen LogP contribution in [-0.2, 0) is 4.79 Å². The van der Waals surface area contributed by atoms with Gasteiger partial charge in [-0.25, -0.2) is 0 Å². The Morgan fingerprint density at radius 2 is 1.50 bits per heavy atom. The molecule has 0 aliphatic rings. The number of hydrogen-bond acceptors (Lipinski definition) is 3. The molecule has 5 heteroatoms. The molecule has 0 aromatic heterocycles. The summed E-state index contributed by atoms with van der Waals surface area (Å²) in [6.07, 6.45) is 0. The van der Waals surface area contributed by atoms with Gasteiger partial charge >= 0.3 is 0 Å². The zero-order chi connectivity index (χ0) is 19.9. The largest absolute Gasteiger partial charge is 0.455 e. The fourth-order valence-electron chi connectivity index (χ4n) is 2.84. The molecule has 0 radical (unpaired) electrons. The highest BCUT2D eigenvalue weighted by atomic mass is 16.5. The molecule has 28 heavy (non-hydrogen) atoms. The number of para-hydroxylation sites is 3. The zero-order valence-electron chi connectivity index (χ0n) is 15.9. The topological polar surface area (TPSA) is 67.4 Å². The summed E-state index contributed by atoms with van der Waals surface area (Å²) in [6.45, 7) is 3.73. The monoisotopic (exact) mass is 374 g/mol. The number of benzene rings is 3. The number of anilines is 1. The molecule has 0 fully saturated rings. The molecule has 2 amide bonds. The molecule has 0 spiro atoms. The first-order chi connectivity index (χ1) is 13.5. The maximum atomic E-state index is 12.3. The number of rotatable bonds is 6. The molecule has 0 bridgehead atoms. The molecule has 142 valence electrons. The Labute approximate surface area is 164 Å². The summed E-state index contributed by atoms with van der Waals surface area (Å²) in [5.41, 5.74) is 3.08. The third-order valence-electron chi connectivity index (χ3n) is 4.03. The highest BCUT2D eigenvalue weighted by molar-refractivity contribution is 6.00. The number of amides is 2. The predicted molar refractivity (Wildman–Crippen MR) is 110 cm³/mol. The zero-order valence-corrected chi connectivity index (χ0v) is 15.9. The molecule has 0 aliphatic heterocycles. The van der Waals surface area contributed by atoms with Gasteiger partial charge in [0.15, 0.2) is 5.75 Å². The Morgan fingerprint density at radius 3 is 2.21 bits per heavy atom. The van der Waals surface area contributed by atoms with Gasteiger partial charge in [0.25, 0.3) is 5.91 Å². The lowest BCUT2D eigenvalue weighted by Crippen LogP contribution is -2.33. The van der Waals surface area contributed by atoms with Crippen LogP contribution in [0.1, 0.15) is 21.5 Å². The van der Waals surface area contributed by atoms with Crippen molar-refractivity contribution >= 4 is 17.5 Å². The summed E-state index contributed by atoms with van der Waals surface area (Å²) in [6, 6.07) is 22.1. The van der Waals surface area contributed by atoms with Crippen LogP contribution in [0.5, 0.6) is 11.5 Å². The van der Waals surface area contributed by atoms with Crippen LogP contribution < -0.4 is 15.4 Å². The van der Waals surface area contributed by atoms with E-state index in [1.807, 2.05) is 62.4 Å². The van der Waals surface area contributed by atoms with Crippen LogP contribution >= 0.6 is 0 Å². The van der Waals surface area contributed by atoms with E-state index in [-0.39, 0.29) is 18.4 Å². The number of aryl methyl sites for hydroxylation is 2. The predicted octanol–water partition coefficient (Wildman–Crippen LogP) is 4.46. The normalized spacial score (nSPS) is 10.2. The lowest BCUT2D eigenvalue weighted by molar-refractivity contribution is -0.115. The fourth-order valence-corrected chi connectivity index (χ4v) is 2.84. The maximum absolute atomic E-state index is 12.3. The van der Waals surface area contributed by atoms with Crippen molar-refractivity contribution in [3.8, 4) is 11.5 Å². The summed E-state index contributed by atoms with van der Waals surface area (Å²) in [5.74, 6) is 0.590. The van der Waals surface area contributed by atoms with Gasteiger partial charge in [-0.05, 0) is 50.2 Å². The highest BCUT2D eigenvalue weighted by Crippen LogP contribution is 2.28. The third-order valence-corrected chi connectivity index (χ3v) is 4.03. The number of carbonyl (C=O) groups excluding carboxylic acids is 2. The Kier molecular flexibility index (Phi) is 6.07. The minimum absolute atomic E-state index is 0.133. The summed E-state index contributed by atoms with van der Waals surface area (Å²) in [4.78, 5) is 24.6. The molecule has 0 atom stereocenters. The molecule has 3 aromatic rings. The van der Waals surface area contributed by atoms with E-state index in [1.165, 1.54) is 0 Å². The van der Waals surface area contributed by atoms with Crippen molar-refractivity contribution in [2.45, 2.75) is 13.8 Å². The molecule has 0 aliphatic carbocycles. The number of ether oxygens (including phenoxy) is 1. The molecule has 3 rings (SSSR count). The number of hydrogen-bond donors (Lipinski definition) is 2. The third kappa shape index (κ3) is 5.20. The Hall–Kier alpha value is -3.60. The quantitative estimate of drug-likeness (QED) is 0.669. The van der Waals surface area contributed by atoms with Gasteiger partial charge in [0.1, 0.15) is 5.75 Å². The second-order valence-corrected chi connectivity index (χ2v) is 6.52. The first-order valence-electron chi connectivity index (χ1n) is 8.99. The summed E-state index contributed by atoms with van der Waals surface area (Å²) in [5, 5.41) is 5.43. The lowest BCUT2D eigenvalue weighted by atomic mass is 10.1. The number of nitrogens with one attached hydrogen (secondary N) is 2. The van der Waals surface area contributed by atoms with Crippen molar-refractivity contribution in [2.24, 2.45) is 0 Å². The van der Waals surface area contributed by atoms with Crippen LogP contribution in [-0.4, -0.2) is 18.4 Å². The Morgan fingerprint density at radius 1 is 0.857 bits per heavy atom. The molecule has 3 aromatic carbocycles. The van der Waals surface area contributed by atoms with Gasteiger partial charge in [-0.2, -0.15) is 0 Å². The standard InChI is InChI=1S/C23H22N2O3/c1-16-12-17(2)14-18(13-16)23(27)24-15-22(26)25-20-10-6-7-11-21(20)28-19-8-4-3-5-9-19/h3-14H,15H2,1-2H3,(H,24,27)(H,25,26). The molecule has 0 saturated heterocycles. The number of carbonyl (C=O) groups is 2. The van der Waals surface area contributed by atoms with Gasteiger partial charge in [-0.1, -0.05) is 47.5 Å². The van der Waals surface area contributed by atoms with Crippen LogP contribution in [0.15, 0.2) is 72.8 Å². The molecule has 0 heterocycles. The maximum Gasteiger partial charge on any atom is 0.251 e. The van der Waals surface area contributed by atoms with Gasteiger partial charge in [-0.3, -0.25) is 9.59 Å². The van der Waals surface area contributed by atoms with Crippen molar-refractivity contribution in [1.29, 1.82) is 0 Å². The van der Waals surface area contributed by atoms with E-state index in [9.17, 15) is 9.59 Å². The van der Waals surface area contributed by atoms with Crippen molar-refractivity contribution in [3.05, 3.63) is 89.5 Å². The second-order valence-electron chi connectivity index (χ2n) is 6.52. The van der Waals surface area contributed by atoms with E-state index >= 15 is 0 Å². The average molecular weight is 374 g/mol. The first kappa shape index (κ1) is 19.2. The van der Waals surface area contributed by atoms with Gasteiger partial charge < -0.3 is 15.4 Å². The molecule has 0 unspecified atom stereocenters. The van der Waals surface area contributed by atoms with E-state index in [1.54, 1.807) is 24.3 Å². The summed E-state index contributed by atoms with van der Waals surface area (Å²) in [7, 11) is 0. The van der Waals surface area contributed by atoms with Crippen LogP contribution in [0.4, 0.5) is 5.69 Å². The van der Waals surface area contributed by atoms with Crippen molar-refractivity contribution in [3.63, 3.8) is 0 Å². The highest BCUT2D eigenvalue weighted by Gasteiger charge is 2.11. The molecular weight excluding hydrogens is 352 g/mol. The minimum Gasteiger partial charge on any atom is -0.455 e. The Balaban J connectivity index is 1.61. The summed E-state index contributed by atoms with van der Waals surface area (Å²) >= 11 is 0. The van der Waals surface area contributed by atoms with Crippen molar-refractivity contribution < 1.29 is 14.3 Å². The lowest BCUT2D eigenvalue weighted by Gasteiger charge is -2.12. The van der Waals surface area contributed by atoms with E-state index < -0.39 is 0 Å². The van der Waals surface area contributed by atoms with Gasteiger partial charge in [-0.15, -0.1) is 0 Å². The van der Waals surface area contributed by atoms with Gasteiger partial charge in [0, 0.05) is 5.56 Å².